The second-order valence-electron chi connectivity index (χ2n) is 4.11. The molecule has 1 amide bonds. The Morgan fingerprint density at radius 3 is 2.88 bits per heavy atom. The van der Waals surface area contributed by atoms with E-state index in [4.69, 9.17) is 4.74 Å². The summed E-state index contributed by atoms with van der Waals surface area (Å²) in [5, 5.41) is 0. The Kier molecular flexibility index (Phi) is 3.13. The molecule has 1 aliphatic heterocycles. The predicted octanol–water partition coefficient (Wildman–Crippen LogP) is 1.25. The Morgan fingerprint density at radius 1 is 1.47 bits per heavy atom. The maximum atomic E-state index is 11.9. The molecule has 4 nitrogen and oxygen atoms in total. The lowest BCUT2D eigenvalue weighted by atomic mass is 9.98. The van der Waals surface area contributed by atoms with Crippen molar-refractivity contribution in [3.05, 3.63) is 35.4 Å². The van der Waals surface area contributed by atoms with Crippen molar-refractivity contribution in [2.45, 2.75) is 19.4 Å². The highest BCUT2D eigenvalue weighted by Crippen LogP contribution is 2.21. The molecule has 0 bridgehead atoms. The molecular weight excluding hydrogens is 218 g/mol. The number of carbonyl (C=O) groups excluding carboxylic acids is 2. The largest absolute Gasteiger partial charge is 0.448 e. The fourth-order valence-corrected chi connectivity index (χ4v) is 1.87. The van der Waals surface area contributed by atoms with Gasteiger partial charge in [0.05, 0.1) is 5.56 Å². The van der Waals surface area contributed by atoms with Crippen LogP contribution in [0.2, 0.25) is 0 Å². The van der Waals surface area contributed by atoms with E-state index in [9.17, 15) is 9.59 Å². The minimum Gasteiger partial charge on any atom is -0.448 e. The molecule has 17 heavy (non-hydrogen) atoms. The summed E-state index contributed by atoms with van der Waals surface area (Å²) >= 11 is 0. The maximum absolute atomic E-state index is 11.9. The third-order valence-electron chi connectivity index (χ3n) is 3.02. The zero-order valence-electron chi connectivity index (χ0n) is 9.97. The van der Waals surface area contributed by atoms with Crippen molar-refractivity contribution >= 4 is 11.9 Å². The number of hydrogen-bond donors (Lipinski definition) is 0. The van der Waals surface area contributed by atoms with Gasteiger partial charge in [-0.25, -0.2) is 4.79 Å². The Balaban J connectivity index is 2.23. The minimum atomic E-state index is -0.678. The molecule has 1 atom stereocenters. The quantitative estimate of drug-likeness (QED) is 0.722. The van der Waals surface area contributed by atoms with Crippen LogP contribution in [0, 0.1) is 0 Å². The summed E-state index contributed by atoms with van der Waals surface area (Å²) in [6.45, 7) is 2.49. The molecule has 0 N–H and O–H groups in total. The topological polar surface area (TPSA) is 46.6 Å². The molecule has 90 valence electrons. The molecule has 0 aliphatic carbocycles. The lowest BCUT2D eigenvalue weighted by Gasteiger charge is -2.26. The summed E-state index contributed by atoms with van der Waals surface area (Å²) in [5.41, 5.74) is 1.45. The van der Waals surface area contributed by atoms with Gasteiger partial charge >= 0.3 is 5.97 Å². The van der Waals surface area contributed by atoms with Crippen LogP contribution in [0.3, 0.4) is 0 Å². The summed E-state index contributed by atoms with van der Waals surface area (Å²) in [6.07, 6.45) is -0.215. The number of ether oxygens (including phenoxy) is 1. The number of cyclic esters (lactones) is 1. The highest BCUT2D eigenvalue weighted by molar-refractivity contribution is 5.95. The Hall–Kier alpha value is -1.84. The second-order valence-corrected chi connectivity index (χ2v) is 4.11. The molecule has 0 radical (unpaired) electrons. The van der Waals surface area contributed by atoms with Crippen LogP contribution in [-0.2, 0) is 16.0 Å². The first-order valence-corrected chi connectivity index (χ1v) is 5.67. The maximum Gasteiger partial charge on any atom is 0.339 e. The van der Waals surface area contributed by atoms with E-state index >= 15 is 0 Å². The van der Waals surface area contributed by atoms with Crippen molar-refractivity contribution in [1.82, 2.24) is 4.90 Å². The molecule has 1 aromatic rings. The average molecular weight is 233 g/mol. The fourth-order valence-electron chi connectivity index (χ4n) is 1.87. The number of esters is 1. The van der Waals surface area contributed by atoms with Gasteiger partial charge in [-0.15, -0.1) is 0 Å². The van der Waals surface area contributed by atoms with Crippen LogP contribution in [0.15, 0.2) is 24.3 Å². The summed E-state index contributed by atoms with van der Waals surface area (Å²) in [5.74, 6) is -0.551. The van der Waals surface area contributed by atoms with Crippen LogP contribution >= 0.6 is 0 Å². The zero-order valence-corrected chi connectivity index (χ0v) is 9.97. The van der Waals surface area contributed by atoms with Crippen molar-refractivity contribution < 1.29 is 14.3 Å². The number of nitrogens with zero attached hydrogens (tertiary/aromatic N) is 1. The Labute approximate surface area is 100 Å². The first kappa shape index (κ1) is 11.6. The van der Waals surface area contributed by atoms with Crippen molar-refractivity contribution in [2.24, 2.45) is 0 Å². The highest BCUT2D eigenvalue weighted by Gasteiger charge is 2.32. The van der Waals surface area contributed by atoms with E-state index in [0.29, 0.717) is 18.5 Å². The molecule has 1 aromatic carbocycles. The van der Waals surface area contributed by atoms with E-state index < -0.39 is 12.1 Å². The predicted molar refractivity (Wildman–Crippen MR) is 62.7 cm³/mol. The standard InChI is InChI=1S/C13H15NO3/c1-3-14(2)12(15)11-8-9-6-4-5-7-10(9)13(16)17-11/h4-7,11H,3,8H2,1-2H3. The first-order valence-electron chi connectivity index (χ1n) is 5.67. The van der Waals surface area contributed by atoms with Gasteiger partial charge < -0.3 is 9.64 Å². The number of fused-ring (bicyclic) bond motifs is 1. The Morgan fingerprint density at radius 2 is 2.18 bits per heavy atom. The van der Waals surface area contributed by atoms with Gasteiger partial charge in [-0.3, -0.25) is 4.79 Å². The number of carbonyl (C=O) groups is 2. The number of benzene rings is 1. The molecule has 0 spiro atoms. The van der Waals surface area contributed by atoms with E-state index in [2.05, 4.69) is 0 Å². The van der Waals surface area contributed by atoms with Crippen molar-refractivity contribution in [3.8, 4) is 0 Å². The molecule has 0 fully saturated rings. The first-order chi connectivity index (χ1) is 8.13. The van der Waals surface area contributed by atoms with E-state index in [1.165, 1.54) is 0 Å². The summed E-state index contributed by atoms with van der Waals surface area (Å²) in [6, 6.07) is 7.24. The van der Waals surface area contributed by atoms with Crippen molar-refractivity contribution in [1.29, 1.82) is 0 Å². The van der Waals surface area contributed by atoms with Crippen LogP contribution in [-0.4, -0.2) is 36.5 Å². The zero-order chi connectivity index (χ0) is 12.4. The van der Waals surface area contributed by atoms with Crippen LogP contribution in [0.5, 0.6) is 0 Å². The lowest BCUT2D eigenvalue weighted by Crippen LogP contribution is -2.42. The van der Waals surface area contributed by atoms with Gasteiger partial charge in [-0.1, -0.05) is 18.2 Å². The van der Waals surface area contributed by atoms with Crippen LogP contribution in [0.4, 0.5) is 0 Å². The molecule has 0 saturated carbocycles. The lowest BCUT2D eigenvalue weighted by molar-refractivity contribution is -0.139. The Bertz CT molecular complexity index is 456. The van der Waals surface area contributed by atoms with Gasteiger partial charge in [0, 0.05) is 20.0 Å². The monoisotopic (exact) mass is 233 g/mol. The molecular formula is C13H15NO3. The van der Waals surface area contributed by atoms with Gasteiger partial charge in [0.15, 0.2) is 6.10 Å². The van der Waals surface area contributed by atoms with E-state index in [1.807, 2.05) is 19.1 Å². The molecule has 2 rings (SSSR count). The third-order valence-corrected chi connectivity index (χ3v) is 3.02. The van der Waals surface area contributed by atoms with Gasteiger partial charge in [0.2, 0.25) is 0 Å². The molecule has 4 heteroatoms. The van der Waals surface area contributed by atoms with Gasteiger partial charge in [-0.05, 0) is 18.6 Å². The van der Waals surface area contributed by atoms with Crippen LogP contribution in [0.25, 0.3) is 0 Å². The van der Waals surface area contributed by atoms with Crippen LogP contribution in [0.1, 0.15) is 22.8 Å². The SMILES string of the molecule is CCN(C)C(=O)C1Cc2ccccc2C(=O)O1. The van der Waals surface area contributed by atoms with Crippen LogP contribution < -0.4 is 0 Å². The number of likely N-dealkylation sites (N-methyl/N-ethyl adjacent to an activating group) is 1. The van der Waals surface area contributed by atoms with Crippen molar-refractivity contribution in [2.75, 3.05) is 13.6 Å². The fraction of sp³-hybridized carbons (Fsp3) is 0.385. The summed E-state index contributed by atoms with van der Waals surface area (Å²) in [4.78, 5) is 25.2. The van der Waals surface area contributed by atoms with E-state index in [1.54, 1.807) is 24.1 Å². The molecule has 1 heterocycles. The second kappa shape index (κ2) is 4.57. The third kappa shape index (κ3) is 2.16. The van der Waals surface area contributed by atoms with Gasteiger partial charge in [-0.2, -0.15) is 0 Å². The summed E-state index contributed by atoms with van der Waals surface area (Å²) in [7, 11) is 1.71. The average Bonchev–Trinajstić information content (AvgIpc) is 2.37. The number of hydrogen-bond acceptors (Lipinski definition) is 3. The number of amides is 1. The van der Waals surface area contributed by atoms with E-state index in [0.717, 1.165) is 5.56 Å². The smallest absolute Gasteiger partial charge is 0.339 e. The summed E-state index contributed by atoms with van der Waals surface area (Å²) < 4.78 is 5.17. The molecule has 1 aliphatic rings. The highest BCUT2D eigenvalue weighted by atomic mass is 16.5. The molecule has 1 unspecified atom stereocenters. The van der Waals surface area contributed by atoms with Gasteiger partial charge in [0.25, 0.3) is 5.91 Å². The number of rotatable bonds is 2. The minimum absolute atomic E-state index is 0.143. The normalized spacial score (nSPS) is 18.2. The van der Waals surface area contributed by atoms with E-state index in [-0.39, 0.29) is 5.91 Å². The molecule has 0 saturated heterocycles. The van der Waals surface area contributed by atoms with Gasteiger partial charge in [0.1, 0.15) is 0 Å². The van der Waals surface area contributed by atoms with Crippen molar-refractivity contribution in [3.63, 3.8) is 0 Å². The molecule has 0 aromatic heterocycles.